The van der Waals surface area contributed by atoms with Crippen LogP contribution in [0.1, 0.15) is 5.82 Å². The molecule has 0 saturated carbocycles. The summed E-state index contributed by atoms with van der Waals surface area (Å²) in [6, 6.07) is 5.03. The highest BCUT2D eigenvalue weighted by Gasteiger charge is 2.19. The van der Waals surface area contributed by atoms with Crippen molar-refractivity contribution in [2.24, 2.45) is 0 Å². The number of nitrogens with zero attached hydrogens (tertiary/aromatic N) is 3. The van der Waals surface area contributed by atoms with E-state index in [1.165, 1.54) is 0 Å². The second kappa shape index (κ2) is 5.75. The van der Waals surface area contributed by atoms with E-state index in [-0.39, 0.29) is 5.91 Å². The molecular formula is C14H16ClN5O. The molecule has 1 aromatic heterocycles. The quantitative estimate of drug-likeness (QED) is 0.844. The van der Waals surface area contributed by atoms with Crippen LogP contribution < -0.4 is 11.1 Å². The van der Waals surface area contributed by atoms with Crippen molar-refractivity contribution in [3.8, 4) is 0 Å². The first kappa shape index (κ1) is 13.9. The third kappa shape index (κ3) is 3.17. The number of nitrogens with two attached hydrogens (primary N) is 1. The van der Waals surface area contributed by atoms with Crippen molar-refractivity contribution in [3.05, 3.63) is 41.4 Å². The van der Waals surface area contributed by atoms with Crippen molar-refractivity contribution in [2.45, 2.75) is 13.1 Å². The van der Waals surface area contributed by atoms with Gasteiger partial charge < -0.3 is 15.6 Å². The normalized spacial score (nSPS) is 14.7. The van der Waals surface area contributed by atoms with Gasteiger partial charge in [0.1, 0.15) is 5.82 Å². The van der Waals surface area contributed by atoms with E-state index in [1.54, 1.807) is 24.4 Å². The molecule has 1 aliphatic rings. The molecule has 1 amide bonds. The Morgan fingerprint density at radius 2 is 2.29 bits per heavy atom. The number of nitrogen functional groups attached to an aromatic ring is 1. The Hall–Kier alpha value is -2.05. The summed E-state index contributed by atoms with van der Waals surface area (Å²) in [5, 5.41) is 3.36. The van der Waals surface area contributed by atoms with E-state index in [1.807, 2.05) is 6.20 Å². The van der Waals surface area contributed by atoms with Crippen LogP contribution in [-0.4, -0.2) is 33.4 Å². The highest BCUT2D eigenvalue weighted by molar-refractivity contribution is 6.31. The number of benzene rings is 1. The number of aromatic nitrogens is 2. The molecule has 2 aromatic rings. The monoisotopic (exact) mass is 305 g/mol. The van der Waals surface area contributed by atoms with E-state index in [0.29, 0.717) is 29.5 Å². The fourth-order valence-electron chi connectivity index (χ4n) is 2.40. The largest absolute Gasteiger partial charge is 0.397 e. The highest BCUT2D eigenvalue weighted by Crippen LogP contribution is 2.22. The van der Waals surface area contributed by atoms with Gasteiger partial charge in [-0.3, -0.25) is 9.69 Å². The molecule has 0 bridgehead atoms. The topological polar surface area (TPSA) is 76.2 Å². The van der Waals surface area contributed by atoms with E-state index >= 15 is 0 Å². The lowest BCUT2D eigenvalue weighted by molar-refractivity contribution is -0.117. The van der Waals surface area contributed by atoms with Crippen LogP contribution in [0.4, 0.5) is 11.4 Å². The molecule has 7 heteroatoms. The zero-order chi connectivity index (χ0) is 14.8. The Morgan fingerprint density at radius 1 is 1.43 bits per heavy atom. The van der Waals surface area contributed by atoms with Gasteiger partial charge in [-0.1, -0.05) is 11.6 Å². The van der Waals surface area contributed by atoms with Crippen molar-refractivity contribution < 1.29 is 4.79 Å². The second-order valence-electron chi connectivity index (χ2n) is 5.03. The van der Waals surface area contributed by atoms with Gasteiger partial charge in [0.2, 0.25) is 5.91 Å². The molecule has 0 aliphatic carbocycles. The molecule has 3 N–H and O–H groups in total. The molecule has 3 rings (SSSR count). The fourth-order valence-corrected chi connectivity index (χ4v) is 2.58. The fraction of sp³-hybridized carbons (Fsp3) is 0.286. The molecule has 0 saturated heterocycles. The van der Waals surface area contributed by atoms with Crippen molar-refractivity contribution in [2.75, 3.05) is 24.1 Å². The summed E-state index contributed by atoms with van der Waals surface area (Å²) in [4.78, 5) is 18.4. The average Bonchev–Trinajstić information content (AvgIpc) is 2.89. The van der Waals surface area contributed by atoms with E-state index < -0.39 is 0 Å². The number of hydrogen-bond acceptors (Lipinski definition) is 4. The summed E-state index contributed by atoms with van der Waals surface area (Å²) >= 11 is 5.84. The Bertz CT molecular complexity index is 669. The minimum atomic E-state index is -0.0935. The number of fused-ring (bicyclic) bond motifs is 1. The van der Waals surface area contributed by atoms with Crippen LogP contribution in [0.2, 0.25) is 5.02 Å². The summed E-state index contributed by atoms with van der Waals surface area (Å²) in [5.41, 5.74) is 6.88. The second-order valence-corrected chi connectivity index (χ2v) is 5.46. The average molecular weight is 306 g/mol. The first-order chi connectivity index (χ1) is 10.1. The maximum Gasteiger partial charge on any atom is 0.238 e. The molecule has 0 spiro atoms. The van der Waals surface area contributed by atoms with Gasteiger partial charge in [0.05, 0.1) is 24.5 Å². The summed E-state index contributed by atoms with van der Waals surface area (Å²) in [7, 11) is 0. The Balaban J connectivity index is 1.60. The Kier molecular flexibility index (Phi) is 3.81. The van der Waals surface area contributed by atoms with Gasteiger partial charge in [-0.25, -0.2) is 4.98 Å². The summed E-state index contributed by atoms with van der Waals surface area (Å²) in [6.07, 6.45) is 3.74. The van der Waals surface area contributed by atoms with Crippen molar-refractivity contribution in [1.82, 2.24) is 14.5 Å². The molecular weight excluding hydrogens is 290 g/mol. The third-order valence-electron chi connectivity index (χ3n) is 3.48. The number of carbonyl (C=O) groups excluding carboxylic acids is 1. The van der Waals surface area contributed by atoms with Gasteiger partial charge in [0, 0.05) is 30.5 Å². The lowest BCUT2D eigenvalue weighted by Gasteiger charge is -2.26. The van der Waals surface area contributed by atoms with Gasteiger partial charge >= 0.3 is 0 Å². The van der Waals surface area contributed by atoms with Crippen LogP contribution in [0.15, 0.2) is 30.6 Å². The van der Waals surface area contributed by atoms with Crippen LogP contribution in [0.5, 0.6) is 0 Å². The molecule has 6 nitrogen and oxygen atoms in total. The number of amides is 1. The van der Waals surface area contributed by atoms with Gasteiger partial charge in [-0.2, -0.15) is 0 Å². The molecule has 1 aromatic carbocycles. The number of anilines is 2. The minimum absolute atomic E-state index is 0.0935. The summed E-state index contributed by atoms with van der Waals surface area (Å²) in [6.45, 7) is 2.67. The van der Waals surface area contributed by atoms with Gasteiger partial charge in [-0.15, -0.1) is 0 Å². The van der Waals surface area contributed by atoms with E-state index in [0.717, 1.165) is 18.9 Å². The van der Waals surface area contributed by atoms with Gasteiger partial charge in [0.25, 0.3) is 0 Å². The Morgan fingerprint density at radius 3 is 3.10 bits per heavy atom. The Labute approximate surface area is 127 Å². The van der Waals surface area contributed by atoms with Crippen LogP contribution >= 0.6 is 11.6 Å². The number of rotatable bonds is 3. The van der Waals surface area contributed by atoms with Crippen LogP contribution in [0.3, 0.4) is 0 Å². The molecule has 0 unspecified atom stereocenters. The van der Waals surface area contributed by atoms with Crippen molar-refractivity contribution >= 4 is 28.9 Å². The highest BCUT2D eigenvalue weighted by atomic mass is 35.5. The molecule has 110 valence electrons. The predicted octanol–water partition coefficient (Wildman–Crippen LogP) is 1.57. The van der Waals surface area contributed by atoms with Crippen molar-refractivity contribution in [1.29, 1.82) is 0 Å². The zero-order valence-corrected chi connectivity index (χ0v) is 12.2. The first-order valence-corrected chi connectivity index (χ1v) is 7.07. The molecule has 2 heterocycles. The van der Waals surface area contributed by atoms with Gasteiger partial charge in [0.15, 0.2) is 0 Å². The lowest BCUT2D eigenvalue weighted by atomic mass is 10.2. The van der Waals surface area contributed by atoms with Crippen LogP contribution in [0, 0.1) is 0 Å². The lowest BCUT2D eigenvalue weighted by Crippen LogP contribution is -2.39. The summed E-state index contributed by atoms with van der Waals surface area (Å²) < 4.78 is 2.10. The molecule has 0 radical (unpaired) electrons. The van der Waals surface area contributed by atoms with E-state index in [9.17, 15) is 4.79 Å². The number of carbonyl (C=O) groups is 1. The summed E-state index contributed by atoms with van der Waals surface area (Å²) in [5.74, 6) is 0.893. The molecule has 0 fully saturated rings. The maximum atomic E-state index is 12.1. The van der Waals surface area contributed by atoms with Crippen LogP contribution in [0.25, 0.3) is 0 Å². The third-order valence-corrected chi connectivity index (χ3v) is 3.71. The molecule has 21 heavy (non-hydrogen) atoms. The van der Waals surface area contributed by atoms with Gasteiger partial charge in [-0.05, 0) is 18.2 Å². The smallest absolute Gasteiger partial charge is 0.238 e. The number of halogens is 1. The van der Waals surface area contributed by atoms with E-state index in [2.05, 4.69) is 19.8 Å². The number of hydrogen-bond donors (Lipinski definition) is 2. The standard InChI is InChI=1S/C14H16ClN5O/c15-10-1-2-12(11(16)7-10)18-14(21)9-19-5-6-20-4-3-17-13(20)8-19/h1-4,7H,5-6,8-9,16H2,(H,18,21). The predicted molar refractivity (Wildman–Crippen MR) is 82.0 cm³/mol. The van der Waals surface area contributed by atoms with E-state index in [4.69, 9.17) is 17.3 Å². The number of imidazole rings is 1. The van der Waals surface area contributed by atoms with Crippen molar-refractivity contribution in [3.63, 3.8) is 0 Å². The maximum absolute atomic E-state index is 12.1. The molecule has 0 atom stereocenters. The first-order valence-electron chi connectivity index (χ1n) is 6.69. The minimum Gasteiger partial charge on any atom is -0.397 e. The molecule has 1 aliphatic heterocycles. The van der Waals surface area contributed by atoms with Crippen LogP contribution in [-0.2, 0) is 17.9 Å². The zero-order valence-electron chi connectivity index (χ0n) is 11.4. The SMILES string of the molecule is Nc1cc(Cl)ccc1NC(=O)CN1CCn2ccnc2C1. The number of nitrogens with one attached hydrogen (secondary N) is 1.